The minimum Gasteiger partial charge on any atom is -0.486 e. The third-order valence-electron chi connectivity index (χ3n) is 7.60. The molecule has 0 atom stereocenters. The number of halogens is 3. The van der Waals surface area contributed by atoms with Gasteiger partial charge in [0.25, 0.3) is 0 Å². The minimum absolute atomic E-state index is 0.0338. The second-order valence-electron chi connectivity index (χ2n) is 10.2. The van der Waals surface area contributed by atoms with Crippen LogP contribution in [0.5, 0.6) is 5.75 Å². The molecule has 200 valence electrons. The number of benzene rings is 2. The van der Waals surface area contributed by atoms with Gasteiger partial charge in [0.2, 0.25) is 5.95 Å². The Morgan fingerprint density at radius 3 is 2.55 bits per heavy atom. The lowest BCUT2D eigenvalue weighted by atomic mass is 10.0. The highest BCUT2D eigenvalue weighted by atomic mass is 19.1. The molecule has 1 saturated heterocycles. The highest BCUT2D eigenvalue weighted by Gasteiger charge is 2.27. The second kappa shape index (κ2) is 10.7. The van der Waals surface area contributed by atoms with E-state index in [2.05, 4.69) is 25.5 Å². The highest BCUT2D eigenvalue weighted by molar-refractivity contribution is 5.73. The molecule has 1 aliphatic carbocycles. The van der Waals surface area contributed by atoms with Gasteiger partial charge in [-0.15, -0.1) is 0 Å². The Labute approximate surface area is 220 Å². The molecule has 0 bridgehead atoms. The average Bonchev–Trinajstić information content (AvgIpc) is 3.44. The fraction of sp³-hybridized carbons (Fsp3) is 0.429. The van der Waals surface area contributed by atoms with Crippen LogP contribution < -0.4 is 25.2 Å². The summed E-state index contributed by atoms with van der Waals surface area (Å²) in [6.07, 6.45) is 5.82. The highest BCUT2D eigenvalue weighted by Crippen LogP contribution is 2.40. The molecule has 0 amide bonds. The molecule has 1 saturated carbocycles. The topological polar surface area (TPSA) is 65.5 Å². The molecular weight excluding hydrogens is 493 g/mol. The average molecular weight is 525 g/mol. The maximum absolute atomic E-state index is 15.1. The third-order valence-corrected chi connectivity index (χ3v) is 7.60. The van der Waals surface area contributed by atoms with Crippen molar-refractivity contribution < 1.29 is 17.9 Å². The SMILES string of the molecule is Fc1cc(Nc2ncc(F)c(-c3cc(F)c4c(c3)N(CC3CCCC3)CCO4)n2)ccc1N1CCNCC1. The van der Waals surface area contributed by atoms with Crippen molar-refractivity contribution in [2.24, 2.45) is 5.92 Å². The molecule has 2 aromatic carbocycles. The molecule has 1 aromatic heterocycles. The largest absolute Gasteiger partial charge is 0.486 e. The van der Waals surface area contributed by atoms with Gasteiger partial charge in [-0.25, -0.2) is 23.1 Å². The quantitative estimate of drug-likeness (QED) is 0.465. The summed E-state index contributed by atoms with van der Waals surface area (Å²) in [5.41, 5.74) is 1.86. The number of nitrogens with one attached hydrogen (secondary N) is 2. The number of piperazine rings is 1. The zero-order valence-corrected chi connectivity index (χ0v) is 21.2. The maximum Gasteiger partial charge on any atom is 0.227 e. The first-order valence-corrected chi connectivity index (χ1v) is 13.3. The molecule has 10 heteroatoms. The van der Waals surface area contributed by atoms with Gasteiger partial charge in [-0.1, -0.05) is 12.8 Å². The summed E-state index contributed by atoms with van der Waals surface area (Å²) in [6.45, 7) is 4.96. The van der Waals surface area contributed by atoms with Crippen molar-refractivity contribution in [3.8, 4) is 17.0 Å². The number of ether oxygens (including phenoxy) is 1. The van der Waals surface area contributed by atoms with Crippen LogP contribution in [-0.2, 0) is 0 Å². The Hall–Kier alpha value is -3.53. The fourth-order valence-electron chi connectivity index (χ4n) is 5.67. The van der Waals surface area contributed by atoms with E-state index in [-0.39, 0.29) is 23.2 Å². The van der Waals surface area contributed by atoms with E-state index in [9.17, 15) is 8.78 Å². The predicted molar refractivity (Wildman–Crippen MR) is 142 cm³/mol. The van der Waals surface area contributed by atoms with E-state index in [1.54, 1.807) is 18.2 Å². The van der Waals surface area contributed by atoms with Crippen molar-refractivity contribution in [1.29, 1.82) is 0 Å². The van der Waals surface area contributed by atoms with E-state index in [1.165, 1.54) is 37.8 Å². The van der Waals surface area contributed by atoms with Crippen LogP contribution in [0.15, 0.2) is 36.5 Å². The molecule has 38 heavy (non-hydrogen) atoms. The molecule has 0 spiro atoms. The van der Waals surface area contributed by atoms with Crippen molar-refractivity contribution in [2.75, 3.05) is 61.0 Å². The molecule has 6 rings (SSSR count). The van der Waals surface area contributed by atoms with Crippen LogP contribution in [0.25, 0.3) is 11.3 Å². The zero-order chi connectivity index (χ0) is 26.1. The van der Waals surface area contributed by atoms with E-state index in [0.717, 1.165) is 38.9 Å². The van der Waals surface area contributed by atoms with Crippen LogP contribution in [-0.4, -0.2) is 55.8 Å². The third kappa shape index (κ3) is 5.09. The Morgan fingerprint density at radius 1 is 0.947 bits per heavy atom. The Kier molecular flexibility index (Phi) is 6.97. The summed E-state index contributed by atoms with van der Waals surface area (Å²) in [5, 5.41) is 6.21. The summed E-state index contributed by atoms with van der Waals surface area (Å²) in [4.78, 5) is 12.5. The molecule has 2 fully saturated rings. The molecule has 2 aliphatic heterocycles. The van der Waals surface area contributed by atoms with Crippen LogP contribution in [0.3, 0.4) is 0 Å². The Balaban J connectivity index is 1.26. The summed E-state index contributed by atoms with van der Waals surface area (Å²) < 4.78 is 50.6. The van der Waals surface area contributed by atoms with E-state index < -0.39 is 11.6 Å². The number of hydrogen-bond donors (Lipinski definition) is 2. The van der Waals surface area contributed by atoms with E-state index in [0.29, 0.717) is 41.7 Å². The zero-order valence-electron chi connectivity index (χ0n) is 21.2. The lowest BCUT2D eigenvalue weighted by Crippen LogP contribution is -2.43. The summed E-state index contributed by atoms with van der Waals surface area (Å²) >= 11 is 0. The van der Waals surface area contributed by atoms with Crippen molar-refractivity contribution in [1.82, 2.24) is 15.3 Å². The molecule has 3 heterocycles. The molecule has 0 unspecified atom stereocenters. The first-order chi connectivity index (χ1) is 18.5. The fourth-order valence-corrected chi connectivity index (χ4v) is 5.67. The van der Waals surface area contributed by atoms with Crippen LogP contribution in [0, 0.1) is 23.4 Å². The van der Waals surface area contributed by atoms with Crippen molar-refractivity contribution in [3.05, 3.63) is 54.0 Å². The van der Waals surface area contributed by atoms with E-state index >= 15 is 4.39 Å². The summed E-state index contributed by atoms with van der Waals surface area (Å²) in [5.74, 6) is -0.726. The first kappa shape index (κ1) is 24.8. The molecule has 2 N–H and O–H groups in total. The smallest absolute Gasteiger partial charge is 0.227 e. The molecule has 3 aromatic rings. The molecule has 3 aliphatic rings. The minimum atomic E-state index is -0.672. The van der Waals surface area contributed by atoms with Crippen molar-refractivity contribution >= 4 is 23.0 Å². The van der Waals surface area contributed by atoms with E-state index in [4.69, 9.17) is 4.74 Å². The van der Waals surface area contributed by atoms with Gasteiger partial charge in [-0.2, -0.15) is 0 Å². The van der Waals surface area contributed by atoms with Gasteiger partial charge in [0, 0.05) is 44.0 Å². The van der Waals surface area contributed by atoms with Gasteiger partial charge in [-0.3, -0.25) is 0 Å². The standard InChI is InChI=1S/C28H31F3N6O/c29-21-15-20(5-6-24(21)36-9-7-32-8-10-36)34-28-33-16-23(31)26(35-28)19-13-22(30)27-25(14-19)37(11-12-38-27)17-18-3-1-2-4-18/h5-6,13-16,18,32H,1-4,7-12,17H2,(H,33,34,35). The molecular formula is C28H31F3N6O. The van der Waals surface area contributed by atoms with Crippen LogP contribution in [0.2, 0.25) is 0 Å². The van der Waals surface area contributed by atoms with Crippen LogP contribution in [0.4, 0.5) is 36.2 Å². The van der Waals surface area contributed by atoms with Gasteiger partial charge >= 0.3 is 0 Å². The number of anilines is 4. The Morgan fingerprint density at radius 2 is 1.76 bits per heavy atom. The number of fused-ring (bicyclic) bond motifs is 1. The van der Waals surface area contributed by atoms with Gasteiger partial charge in [0.05, 0.1) is 24.1 Å². The first-order valence-electron chi connectivity index (χ1n) is 13.3. The lowest BCUT2D eigenvalue weighted by Gasteiger charge is -2.33. The van der Waals surface area contributed by atoms with Crippen molar-refractivity contribution in [3.63, 3.8) is 0 Å². The molecule has 7 nitrogen and oxygen atoms in total. The number of aromatic nitrogens is 2. The monoisotopic (exact) mass is 524 g/mol. The molecule has 0 radical (unpaired) electrons. The van der Waals surface area contributed by atoms with Crippen molar-refractivity contribution in [2.45, 2.75) is 25.7 Å². The number of hydrogen-bond acceptors (Lipinski definition) is 7. The van der Waals surface area contributed by atoms with Crippen LogP contribution in [0.1, 0.15) is 25.7 Å². The van der Waals surface area contributed by atoms with Gasteiger partial charge in [-0.05, 0) is 49.1 Å². The lowest BCUT2D eigenvalue weighted by molar-refractivity contribution is 0.288. The summed E-state index contributed by atoms with van der Waals surface area (Å²) in [6, 6.07) is 7.81. The van der Waals surface area contributed by atoms with Gasteiger partial charge in [0.1, 0.15) is 18.1 Å². The Bertz CT molecular complexity index is 1310. The maximum atomic E-state index is 15.1. The predicted octanol–water partition coefficient (Wildman–Crippen LogP) is 5.10. The summed E-state index contributed by atoms with van der Waals surface area (Å²) in [7, 11) is 0. The van der Waals surface area contributed by atoms with Gasteiger partial charge < -0.3 is 25.2 Å². The normalized spacial score (nSPS) is 17.9. The van der Waals surface area contributed by atoms with Crippen LogP contribution >= 0.6 is 0 Å². The number of nitrogens with zero attached hydrogens (tertiary/aromatic N) is 4. The number of rotatable bonds is 6. The van der Waals surface area contributed by atoms with Gasteiger partial charge in [0.15, 0.2) is 17.4 Å². The second-order valence-corrected chi connectivity index (χ2v) is 10.2. The van der Waals surface area contributed by atoms with E-state index in [1.807, 2.05) is 4.90 Å².